The Balaban J connectivity index is 0.00000361. The van der Waals surface area contributed by atoms with Crippen LogP contribution in [-0.4, -0.2) is 45.2 Å². The van der Waals surface area contributed by atoms with E-state index in [0.29, 0.717) is 23.3 Å². The number of hydrogen-bond acceptors (Lipinski definition) is 3. The molecule has 0 fully saturated rings. The monoisotopic (exact) mass is 412 g/mol. The summed E-state index contributed by atoms with van der Waals surface area (Å²) >= 11 is 6.02. The fourth-order valence-electron chi connectivity index (χ4n) is 1.52. The molecule has 0 unspecified atom stereocenters. The number of rotatable bonds is 6. The van der Waals surface area contributed by atoms with Gasteiger partial charge >= 0.3 is 0 Å². The van der Waals surface area contributed by atoms with Crippen molar-refractivity contribution in [2.45, 2.75) is 6.42 Å². The number of methoxy groups -OCH3 is 1. The average Bonchev–Trinajstić information content (AvgIpc) is 2.35. The highest BCUT2D eigenvalue weighted by Crippen LogP contribution is 2.26. The molecule has 1 aromatic rings. The SMILES string of the molecule is COc1ccc(NC(N)=NCCCN(C)C)cc1Cl.I. The Bertz CT molecular complexity index is 440. The number of guanidine groups is 1. The molecule has 0 aromatic heterocycles. The summed E-state index contributed by atoms with van der Waals surface area (Å²) in [5, 5.41) is 3.53. The van der Waals surface area contributed by atoms with Gasteiger partial charge in [0.25, 0.3) is 0 Å². The van der Waals surface area contributed by atoms with E-state index in [1.54, 1.807) is 19.2 Å². The maximum atomic E-state index is 6.02. The first-order valence-electron chi connectivity index (χ1n) is 6.08. The smallest absolute Gasteiger partial charge is 0.193 e. The predicted octanol–water partition coefficient (Wildman–Crippen LogP) is 2.64. The number of benzene rings is 1. The van der Waals surface area contributed by atoms with Crippen LogP contribution in [0.4, 0.5) is 5.69 Å². The molecular weight excluding hydrogens is 391 g/mol. The molecular formula is C13H22ClIN4O. The third kappa shape index (κ3) is 7.16. The van der Waals surface area contributed by atoms with Gasteiger partial charge in [-0.25, -0.2) is 0 Å². The van der Waals surface area contributed by atoms with Crippen molar-refractivity contribution >= 4 is 47.2 Å². The summed E-state index contributed by atoms with van der Waals surface area (Å²) in [5.41, 5.74) is 6.59. The van der Waals surface area contributed by atoms with Gasteiger partial charge in [-0.3, -0.25) is 4.99 Å². The van der Waals surface area contributed by atoms with E-state index in [4.69, 9.17) is 22.1 Å². The maximum Gasteiger partial charge on any atom is 0.193 e. The van der Waals surface area contributed by atoms with E-state index in [0.717, 1.165) is 18.7 Å². The standard InChI is InChI=1S/C13H21ClN4O.HI/c1-18(2)8-4-7-16-13(15)17-10-5-6-12(19-3)11(14)9-10;/h5-6,9H,4,7-8H2,1-3H3,(H3,15,16,17);1H. The number of ether oxygens (including phenoxy) is 1. The largest absolute Gasteiger partial charge is 0.495 e. The molecule has 0 atom stereocenters. The summed E-state index contributed by atoms with van der Waals surface area (Å²) in [6, 6.07) is 5.37. The third-order valence-electron chi connectivity index (χ3n) is 2.47. The summed E-state index contributed by atoms with van der Waals surface area (Å²) < 4.78 is 5.08. The first-order chi connectivity index (χ1) is 9.02. The zero-order chi connectivity index (χ0) is 14.3. The van der Waals surface area contributed by atoms with Crippen LogP contribution in [-0.2, 0) is 0 Å². The lowest BCUT2D eigenvalue weighted by atomic mass is 10.3. The molecule has 0 saturated heterocycles. The fourth-order valence-corrected chi connectivity index (χ4v) is 1.78. The molecule has 0 aliphatic heterocycles. The van der Waals surface area contributed by atoms with Gasteiger partial charge in [0.05, 0.1) is 12.1 Å². The minimum Gasteiger partial charge on any atom is -0.495 e. The van der Waals surface area contributed by atoms with Crippen LogP contribution in [0.5, 0.6) is 5.75 Å². The minimum atomic E-state index is 0. The van der Waals surface area contributed by atoms with E-state index >= 15 is 0 Å². The van der Waals surface area contributed by atoms with Crippen molar-refractivity contribution in [2.24, 2.45) is 10.7 Å². The molecule has 3 N–H and O–H groups in total. The van der Waals surface area contributed by atoms with Crippen LogP contribution in [0, 0.1) is 0 Å². The van der Waals surface area contributed by atoms with Crippen LogP contribution in [0.1, 0.15) is 6.42 Å². The highest BCUT2D eigenvalue weighted by molar-refractivity contribution is 14.0. The van der Waals surface area contributed by atoms with Crippen LogP contribution in [0.2, 0.25) is 5.02 Å². The van der Waals surface area contributed by atoms with Gasteiger partial charge in [-0.15, -0.1) is 24.0 Å². The summed E-state index contributed by atoms with van der Waals surface area (Å²) in [5.74, 6) is 1.02. The van der Waals surface area contributed by atoms with Gasteiger partial charge in [0, 0.05) is 12.2 Å². The predicted molar refractivity (Wildman–Crippen MR) is 96.7 cm³/mol. The van der Waals surface area contributed by atoms with Gasteiger partial charge in [0.2, 0.25) is 0 Å². The van der Waals surface area contributed by atoms with E-state index in [1.165, 1.54) is 0 Å². The second-order valence-electron chi connectivity index (χ2n) is 4.40. The molecule has 0 spiro atoms. The number of nitrogens with zero attached hydrogens (tertiary/aromatic N) is 2. The van der Waals surface area contributed by atoms with Gasteiger partial charge in [-0.1, -0.05) is 11.6 Å². The van der Waals surface area contributed by atoms with E-state index in [9.17, 15) is 0 Å². The molecule has 7 heteroatoms. The number of halogens is 2. The Morgan fingerprint density at radius 2 is 2.15 bits per heavy atom. The Kier molecular flexibility index (Phi) is 9.70. The molecule has 114 valence electrons. The summed E-state index contributed by atoms with van der Waals surface area (Å²) in [7, 11) is 5.64. The number of hydrogen-bond donors (Lipinski definition) is 2. The van der Waals surface area contributed by atoms with Crippen molar-refractivity contribution in [3.8, 4) is 5.75 Å². The van der Waals surface area contributed by atoms with E-state index in [1.807, 2.05) is 20.2 Å². The zero-order valence-electron chi connectivity index (χ0n) is 12.0. The topological polar surface area (TPSA) is 62.9 Å². The number of nitrogens with two attached hydrogens (primary N) is 1. The molecule has 1 aromatic carbocycles. The second kappa shape index (κ2) is 10.1. The van der Waals surface area contributed by atoms with E-state index in [-0.39, 0.29) is 24.0 Å². The molecule has 0 heterocycles. The van der Waals surface area contributed by atoms with Crippen molar-refractivity contribution in [3.05, 3.63) is 23.2 Å². The van der Waals surface area contributed by atoms with Gasteiger partial charge in [-0.2, -0.15) is 0 Å². The van der Waals surface area contributed by atoms with Crippen LogP contribution >= 0.6 is 35.6 Å². The van der Waals surface area contributed by atoms with Gasteiger partial charge in [0.1, 0.15) is 5.75 Å². The lowest BCUT2D eigenvalue weighted by Gasteiger charge is -2.09. The normalized spacial score (nSPS) is 11.2. The van der Waals surface area contributed by atoms with Gasteiger partial charge in [0.15, 0.2) is 5.96 Å². The molecule has 0 aliphatic carbocycles. The van der Waals surface area contributed by atoms with Crippen molar-refractivity contribution in [1.29, 1.82) is 0 Å². The first kappa shape index (κ1) is 19.3. The molecule has 0 saturated carbocycles. The van der Waals surface area contributed by atoms with Crippen LogP contribution < -0.4 is 15.8 Å². The molecule has 0 bridgehead atoms. The fraction of sp³-hybridized carbons (Fsp3) is 0.462. The Morgan fingerprint density at radius 3 is 2.70 bits per heavy atom. The van der Waals surface area contributed by atoms with Gasteiger partial charge < -0.3 is 20.7 Å². The average molecular weight is 413 g/mol. The molecule has 5 nitrogen and oxygen atoms in total. The molecule has 0 amide bonds. The highest BCUT2D eigenvalue weighted by atomic mass is 127. The maximum absolute atomic E-state index is 6.02. The zero-order valence-corrected chi connectivity index (χ0v) is 15.1. The number of anilines is 1. The Hall–Kier alpha value is -0.730. The van der Waals surface area contributed by atoms with Crippen LogP contribution in [0.25, 0.3) is 0 Å². The second-order valence-corrected chi connectivity index (χ2v) is 4.81. The third-order valence-corrected chi connectivity index (χ3v) is 2.77. The molecule has 1 rings (SSSR count). The molecule has 0 radical (unpaired) electrons. The van der Waals surface area contributed by atoms with Gasteiger partial charge in [-0.05, 0) is 45.3 Å². The summed E-state index contributed by atoms with van der Waals surface area (Å²) in [6.07, 6.45) is 0.971. The van der Waals surface area contributed by atoms with E-state index in [2.05, 4.69) is 15.2 Å². The van der Waals surface area contributed by atoms with E-state index < -0.39 is 0 Å². The quantitative estimate of drug-likeness (QED) is 0.326. The number of aliphatic imine (C=N–C) groups is 1. The van der Waals surface area contributed by atoms with Crippen molar-refractivity contribution in [1.82, 2.24) is 4.90 Å². The first-order valence-corrected chi connectivity index (χ1v) is 6.46. The number of nitrogens with one attached hydrogen (secondary N) is 1. The van der Waals surface area contributed by atoms with Crippen molar-refractivity contribution in [3.63, 3.8) is 0 Å². The highest BCUT2D eigenvalue weighted by Gasteiger charge is 2.02. The lowest BCUT2D eigenvalue weighted by molar-refractivity contribution is 0.403. The summed E-state index contributed by atoms with van der Waals surface area (Å²) in [4.78, 5) is 6.36. The molecule has 20 heavy (non-hydrogen) atoms. The van der Waals surface area contributed by atoms with Crippen molar-refractivity contribution in [2.75, 3.05) is 39.6 Å². The molecule has 0 aliphatic rings. The minimum absolute atomic E-state index is 0. The van der Waals surface area contributed by atoms with Crippen LogP contribution in [0.15, 0.2) is 23.2 Å². The van der Waals surface area contributed by atoms with Crippen LogP contribution in [0.3, 0.4) is 0 Å². The lowest BCUT2D eigenvalue weighted by Crippen LogP contribution is -2.23. The Labute approximate surface area is 142 Å². The Morgan fingerprint density at radius 1 is 1.45 bits per heavy atom. The summed E-state index contributed by atoms with van der Waals surface area (Å²) in [6.45, 7) is 1.69. The van der Waals surface area contributed by atoms with Crippen molar-refractivity contribution < 1.29 is 4.74 Å².